The summed E-state index contributed by atoms with van der Waals surface area (Å²) in [7, 11) is 3.02. The molecule has 0 saturated carbocycles. The number of hydrogen-bond acceptors (Lipinski definition) is 3. The van der Waals surface area contributed by atoms with Gasteiger partial charge >= 0.3 is 0 Å². The Bertz CT molecular complexity index is 332. The van der Waals surface area contributed by atoms with Crippen LogP contribution in [0.3, 0.4) is 0 Å². The lowest BCUT2D eigenvalue weighted by atomic mass is 10.3. The molecular weight excluding hydrogens is 182 g/mol. The summed E-state index contributed by atoms with van der Waals surface area (Å²) in [5.41, 5.74) is 0.460. The second kappa shape index (κ2) is 4.36. The standard InChI is InChI=1S/C9H11N3O2/c1-10-8(13)6-4-3-5-7(12-6)9(14)11-2/h3-5H,1-2H3,(H,10,13)(H,11,14). The molecule has 0 atom stereocenters. The van der Waals surface area contributed by atoms with Crippen LogP contribution in [0.2, 0.25) is 0 Å². The number of nitrogens with zero attached hydrogens (tertiary/aromatic N) is 1. The molecule has 0 aliphatic heterocycles. The Kier molecular flexibility index (Phi) is 3.17. The highest BCUT2D eigenvalue weighted by Crippen LogP contribution is 1.99. The maximum Gasteiger partial charge on any atom is 0.269 e. The average molecular weight is 193 g/mol. The molecule has 5 nitrogen and oxygen atoms in total. The lowest BCUT2D eigenvalue weighted by molar-refractivity contribution is 0.0954. The fraction of sp³-hybridized carbons (Fsp3) is 0.222. The Morgan fingerprint density at radius 3 is 1.86 bits per heavy atom. The third-order valence-electron chi connectivity index (χ3n) is 1.67. The summed E-state index contributed by atoms with van der Waals surface area (Å²) in [6.45, 7) is 0. The molecule has 74 valence electrons. The first-order valence-electron chi connectivity index (χ1n) is 4.10. The van der Waals surface area contributed by atoms with Crippen molar-refractivity contribution in [2.45, 2.75) is 0 Å². The molecule has 0 spiro atoms. The summed E-state index contributed by atoms with van der Waals surface area (Å²) in [4.78, 5) is 26.2. The molecule has 0 fully saturated rings. The van der Waals surface area contributed by atoms with Gasteiger partial charge in [-0.2, -0.15) is 0 Å². The monoisotopic (exact) mass is 193 g/mol. The van der Waals surface area contributed by atoms with Crippen molar-refractivity contribution in [1.82, 2.24) is 15.6 Å². The molecule has 0 radical (unpaired) electrons. The van der Waals surface area contributed by atoms with Crippen LogP contribution in [0, 0.1) is 0 Å². The van der Waals surface area contributed by atoms with Gasteiger partial charge in [-0.05, 0) is 12.1 Å². The molecule has 0 aliphatic carbocycles. The van der Waals surface area contributed by atoms with Gasteiger partial charge < -0.3 is 10.6 Å². The van der Waals surface area contributed by atoms with E-state index in [0.29, 0.717) is 0 Å². The summed E-state index contributed by atoms with van der Waals surface area (Å²) in [6.07, 6.45) is 0. The van der Waals surface area contributed by atoms with Gasteiger partial charge in [0.05, 0.1) is 0 Å². The van der Waals surface area contributed by atoms with Crippen LogP contribution in [0.25, 0.3) is 0 Å². The number of nitrogens with one attached hydrogen (secondary N) is 2. The van der Waals surface area contributed by atoms with E-state index in [9.17, 15) is 9.59 Å². The van der Waals surface area contributed by atoms with Crippen LogP contribution in [-0.2, 0) is 0 Å². The minimum absolute atomic E-state index is 0.230. The van der Waals surface area contributed by atoms with Gasteiger partial charge in [0, 0.05) is 14.1 Å². The zero-order chi connectivity index (χ0) is 10.6. The number of amides is 2. The Balaban J connectivity index is 3.01. The topological polar surface area (TPSA) is 71.1 Å². The molecule has 2 amide bonds. The molecule has 0 aromatic carbocycles. The molecule has 1 rings (SSSR count). The number of rotatable bonds is 2. The number of hydrogen-bond donors (Lipinski definition) is 2. The quantitative estimate of drug-likeness (QED) is 0.683. The Morgan fingerprint density at radius 1 is 1.07 bits per heavy atom. The summed E-state index contributed by atoms with van der Waals surface area (Å²) >= 11 is 0. The van der Waals surface area contributed by atoms with Crippen LogP contribution in [0.4, 0.5) is 0 Å². The van der Waals surface area contributed by atoms with Gasteiger partial charge in [0.2, 0.25) is 0 Å². The average Bonchev–Trinajstić information content (AvgIpc) is 2.27. The predicted octanol–water partition coefficient (Wildman–Crippen LogP) is -0.199. The number of carbonyl (C=O) groups excluding carboxylic acids is 2. The molecule has 14 heavy (non-hydrogen) atoms. The molecule has 1 aromatic rings. The third kappa shape index (κ3) is 2.07. The Morgan fingerprint density at radius 2 is 1.50 bits per heavy atom. The van der Waals surface area contributed by atoms with E-state index in [0.717, 1.165) is 0 Å². The van der Waals surface area contributed by atoms with Crippen LogP contribution in [0.1, 0.15) is 21.0 Å². The fourth-order valence-electron chi connectivity index (χ4n) is 0.944. The van der Waals surface area contributed by atoms with E-state index in [2.05, 4.69) is 15.6 Å². The highest BCUT2D eigenvalue weighted by atomic mass is 16.2. The maximum atomic E-state index is 11.2. The Labute approximate surface area is 81.5 Å². The van der Waals surface area contributed by atoms with Gasteiger partial charge in [-0.3, -0.25) is 9.59 Å². The van der Waals surface area contributed by atoms with Crippen LogP contribution in [-0.4, -0.2) is 30.9 Å². The molecule has 0 unspecified atom stereocenters. The minimum Gasteiger partial charge on any atom is -0.354 e. The van der Waals surface area contributed by atoms with Crippen molar-refractivity contribution in [2.75, 3.05) is 14.1 Å². The van der Waals surface area contributed by atoms with Crippen LogP contribution in [0.15, 0.2) is 18.2 Å². The second-order valence-corrected chi connectivity index (χ2v) is 2.57. The van der Waals surface area contributed by atoms with Crippen LogP contribution in [0.5, 0.6) is 0 Å². The summed E-state index contributed by atoms with van der Waals surface area (Å²) in [6, 6.07) is 4.71. The molecule has 1 aromatic heterocycles. The number of pyridine rings is 1. The lowest BCUT2D eigenvalue weighted by Gasteiger charge is -2.01. The first-order valence-corrected chi connectivity index (χ1v) is 4.10. The summed E-state index contributed by atoms with van der Waals surface area (Å²) in [5.74, 6) is -0.619. The first-order chi connectivity index (χ1) is 6.69. The van der Waals surface area contributed by atoms with Crippen molar-refractivity contribution < 1.29 is 9.59 Å². The summed E-state index contributed by atoms with van der Waals surface area (Å²) < 4.78 is 0. The summed E-state index contributed by atoms with van der Waals surface area (Å²) in [5, 5.41) is 4.86. The van der Waals surface area contributed by atoms with Gasteiger partial charge in [0.1, 0.15) is 11.4 Å². The molecule has 0 bridgehead atoms. The van der Waals surface area contributed by atoms with Gasteiger partial charge in [0.15, 0.2) is 0 Å². The second-order valence-electron chi connectivity index (χ2n) is 2.57. The van der Waals surface area contributed by atoms with Gasteiger partial charge in [-0.15, -0.1) is 0 Å². The number of aromatic nitrogens is 1. The van der Waals surface area contributed by atoms with E-state index in [1.54, 1.807) is 18.2 Å². The highest BCUT2D eigenvalue weighted by Gasteiger charge is 2.09. The van der Waals surface area contributed by atoms with Gasteiger partial charge in [-0.1, -0.05) is 6.07 Å². The largest absolute Gasteiger partial charge is 0.354 e. The molecule has 0 saturated heterocycles. The van der Waals surface area contributed by atoms with E-state index in [1.807, 2.05) is 0 Å². The highest BCUT2D eigenvalue weighted by molar-refractivity contribution is 5.95. The van der Waals surface area contributed by atoms with Crippen LogP contribution < -0.4 is 10.6 Å². The predicted molar refractivity (Wildman–Crippen MR) is 51.0 cm³/mol. The van der Waals surface area contributed by atoms with E-state index < -0.39 is 0 Å². The Hall–Kier alpha value is -1.91. The molecule has 5 heteroatoms. The normalized spacial score (nSPS) is 9.29. The van der Waals surface area contributed by atoms with E-state index in [-0.39, 0.29) is 23.2 Å². The van der Waals surface area contributed by atoms with E-state index in [4.69, 9.17) is 0 Å². The van der Waals surface area contributed by atoms with Crippen molar-refractivity contribution >= 4 is 11.8 Å². The molecular formula is C9H11N3O2. The SMILES string of the molecule is CNC(=O)c1cccc(C(=O)NC)n1. The maximum absolute atomic E-state index is 11.2. The third-order valence-corrected chi connectivity index (χ3v) is 1.67. The fourth-order valence-corrected chi connectivity index (χ4v) is 0.944. The molecule has 0 aliphatic rings. The lowest BCUT2D eigenvalue weighted by Crippen LogP contribution is -2.23. The van der Waals surface area contributed by atoms with Crippen molar-refractivity contribution in [3.05, 3.63) is 29.6 Å². The van der Waals surface area contributed by atoms with Gasteiger partial charge in [-0.25, -0.2) is 4.98 Å². The smallest absolute Gasteiger partial charge is 0.269 e. The minimum atomic E-state index is -0.309. The van der Waals surface area contributed by atoms with Crippen molar-refractivity contribution in [3.63, 3.8) is 0 Å². The van der Waals surface area contributed by atoms with Crippen molar-refractivity contribution in [1.29, 1.82) is 0 Å². The van der Waals surface area contributed by atoms with E-state index >= 15 is 0 Å². The van der Waals surface area contributed by atoms with E-state index in [1.165, 1.54) is 14.1 Å². The van der Waals surface area contributed by atoms with Gasteiger partial charge in [0.25, 0.3) is 11.8 Å². The van der Waals surface area contributed by atoms with Crippen molar-refractivity contribution in [3.8, 4) is 0 Å². The zero-order valence-corrected chi connectivity index (χ0v) is 8.00. The first kappa shape index (κ1) is 10.2. The molecule has 2 N–H and O–H groups in total. The number of carbonyl (C=O) groups is 2. The van der Waals surface area contributed by atoms with Crippen molar-refractivity contribution in [2.24, 2.45) is 0 Å². The van der Waals surface area contributed by atoms with Crippen LogP contribution >= 0.6 is 0 Å². The zero-order valence-electron chi connectivity index (χ0n) is 8.00. The molecule has 1 heterocycles.